The van der Waals surface area contributed by atoms with Crippen LogP contribution in [0.1, 0.15) is 43.7 Å². The highest BCUT2D eigenvalue weighted by Gasteiger charge is 2.19. The summed E-state index contributed by atoms with van der Waals surface area (Å²) in [5, 5.41) is 12.3. The third-order valence-electron chi connectivity index (χ3n) is 4.09. The number of ketones is 1. The highest BCUT2D eigenvalue weighted by Crippen LogP contribution is 2.31. The molecule has 3 rings (SSSR count). The van der Waals surface area contributed by atoms with Crippen molar-refractivity contribution in [2.45, 2.75) is 44.8 Å². The van der Waals surface area contributed by atoms with Crippen molar-refractivity contribution < 1.29 is 14.0 Å². The minimum absolute atomic E-state index is 0.164. The molecule has 0 saturated heterocycles. The zero-order valence-electron chi connectivity index (χ0n) is 15.4. The van der Waals surface area contributed by atoms with E-state index in [9.17, 15) is 9.59 Å². The van der Waals surface area contributed by atoms with Crippen LogP contribution < -0.4 is 5.32 Å². The van der Waals surface area contributed by atoms with E-state index < -0.39 is 0 Å². The van der Waals surface area contributed by atoms with Crippen molar-refractivity contribution >= 4 is 40.1 Å². The van der Waals surface area contributed by atoms with Crippen molar-refractivity contribution in [3.8, 4) is 0 Å². The first-order valence-electron chi connectivity index (χ1n) is 8.93. The molecule has 1 N–H and O–H groups in total. The first kappa shape index (κ1) is 19.2. The maximum atomic E-state index is 12.5. The lowest BCUT2D eigenvalue weighted by atomic mass is 10.2. The fourth-order valence-electron chi connectivity index (χ4n) is 2.76. The molecule has 0 aliphatic carbocycles. The number of Topliss-reactive ketones (excluding diaryl/α,β-unsaturated/α-hetero) is 1. The number of nitrogens with one attached hydrogen (secondary N) is 1. The maximum absolute atomic E-state index is 12.5. The van der Waals surface area contributed by atoms with Gasteiger partial charge in [-0.3, -0.25) is 9.59 Å². The zero-order valence-corrected chi connectivity index (χ0v) is 16.2. The molecular weight excluding hydrogens is 364 g/mol. The molecule has 0 radical (unpaired) electrons. The number of benzene rings is 1. The van der Waals surface area contributed by atoms with Crippen LogP contribution in [0.2, 0.25) is 0 Å². The van der Waals surface area contributed by atoms with Crippen molar-refractivity contribution in [2.24, 2.45) is 0 Å². The number of rotatable bonds is 9. The Hall–Kier alpha value is -2.61. The molecular formula is C19H22N4O3S. The van der Waals surface area contributed by atoms with Crippen molar-refractivity contribution in [1.29, 1.82) is 0 Å². The summed E-state index contributed by atoms with van der Waals surface area (Å²) in [5.41, 5.74) is 0.995. The van der Waals surface area contributed by atoms with Crippen molar-refractivity contribution in [1.82, 2.24) is 14.8 Å². The lowest BCUT2D eigenvalue weighted by Crippen LogP contribution is -2.16. The van der Waals surface area contributed by atoms with Gasteiger partial charge in [-0.15, -0.1) is 10.2 Å². The normalized spacial score (nSPS) is 11.0. The SMILES string of the molecule is CCCCCn1cnnc1SCC(=O)Nc1c(C(C)=O)oc2ccccc12. The quantitative estimate of drug-likeness (QED) is 0.338. The second-order valence-corrected chi connectivity index (χ2v) is 7.15. The van der Waals surface area contributed by atoms with Gasteiger partial charge in [0.2, 0.25) is 5.91 Å². The molecule has 0 saturated carbocycles. The largest absolute Gasteiger partial charge is 0.451 e. The molecule has 0 fully saturated rings. The molecule has 8 heteroatoms. The number of unbranched alkanes of at least 4 members (excludes halogenated alkanes) is 2. The summed E-state index contributed by atoms with van der Waals surface area (Å²) in [5.74, 6) is -0.122. The van der Waals surface area contributed by atoms with Gasteiger partial charge in [0.1, 0.15) is 11.9 Å². The topological polar surface area (TPSA) is 90.0 Å². The fraction of sp³-hybridized carbons (Fsp3) is 0.368. The van der Waals surface area contributed by atoms with E-state index in [0.29, 0.717) is 21.8 Å². The lowest BCUT2D eigenvalue weighted by Gasteiger charge is -2.07. The summed E-state index contributed by atoms with van der Waals surface area (Å²) < 4.78 is 7.55. The Labute approximate surface area is 161 Å². The van der Waals surface area contributed by atoms with E-state index in [1.807, 2.05) is 22.8 Å². The number of anilines is 1. The first-order chi connectivity index (χ1) is 13.1. The predicted octanol–water partition coefficient (Wildman–Crippen LogP) is 4.15. The van der Waals surface area contributed by atoms with Crippen LogP contribution >= 0.6 is 11.8 Å². The summed E-state index contributed by atoms with van der Waals surface area (Å²) in [6.45, 7) is 4.41. The average Bonchev–Trinajstić information content (AvgIpc) is 3.25. The van der Waals surface area contributed by atoms with Gasteiger partial charge in [-0.2, -0.15) is 0 Å². The Morgan fingerprint density at radius 2 is 2.07 bits per heavy atom. The monoisotopic (exact) mass is 386 g/mol. The summed E-state index contributed by atoms with van der Waals surface area (Å²) >= 11 is 1.32. The Balaban J connectivity index is 1.67. The Kier molecular flexibility index (Phi) is 6.28. The third-order valence-corrected chi connectivity index (χ3v) is 5.08. The smallest absolute Gasteiger partial charge is 0.234 e. The molecule has 0 atom stereocenters. The number of fused-ring (bicyclic) bond motifs is 1. The molecule has 142 valence electrons. The number of amides is 1. The van der Waals surface area contributed by atoms with E-state index in [2.05, 4.69) is 22.4 Å². The van der Waals surface area contributed by atoms with Crippen molar-refractivity contribution in [2.75, 3.05) is 11.1 Å². The Bertz CT molecular complexity index is 947. The molecule has 0 aliphatic rings. The molecule has 2 heterocycles. The van der Waals surface area contributed by atoms with Crippen LogP contribution in [0, 0.1) is 0 Å². The number of hydrogen-bond acceptors (Lipinski definition) is 6. The lowest BCUT2D eigenvalue weighted by molar-refractivity contribution is -0.113. The van der Waals surface area contributed by atoms with Gasteiger partial charge in [0, 0.05) is 18.9 Å². The number of carbonyl (C=O) groups is 2. The van der Waals surface area contributed by atoms with Crippen LogP contribution in [0.4, 0.5) is 5.69 Å². The minimum atomic E-state index is -0.232. The van der Waals surface area contributed by atoms with E-state index in [4.69, 9.17) is 4.42 Å². The van der Waals surface area contributed by atoms with Gasteiger partial charge >= 0.3 is 0 Å². The highest BCUT2D eigenvalue weighted by atomic mass is 32.2. The van der Waals surface area contributed by atoms with E-state index >= 15 is 0 Å². The minimum Gasteiger partial charge on any atom is -0.451 e. The van der Waals surface area contributed by atoms with E-state index in [-0.39, 0.29) is 23.2 Å². The number of nitrogens with zero attached hydrogens (tertiary/aromatic N) is 3. The van der Waals surface area contributed by atoms with Gasteiger partial charge in [0.25, 0.3) is 0 Å². The summed E-state index contributed by atoms with van der Waals surface area (Å²) in [6, 6.07) is 7.25. The number of aromatic nitrogens is 3. The number of thioether (sulfide) groups is 1. The molecule has 1 aromatic carbocycles. The van der Waals surface area contributed by atoms with Gasteiger partial charge in [0.05, 0.1) is 11.4 Å². The molecule has 0 unspecified atom stereocenters. The van der Waals surface area contributed by atoms with Gasteiger partial charge in [0.15, 0.2) is 16.7 Å². The Morgan fingerprint density at radius 3 is 2.85 bits per heavy atom. The zero-order chi connectivity index (χ0) is 19.2. The molecule has 27 heavy (non-hydrogen) atoms. The molecule has 3 aromatic rings. The fourth-order valence-corrected chi connectivity index (χ4v) is 3.51. The number of furan rings is 1. The van der Waals surface area contributed by atoms with Crippen LogP contribution in [0.5, 0.6) is 0 Å². The maximum Gasteiger partial charge on any atom is 0.234 e. The Morgan fingerprint density at radius 1 is 1.26 bits per heavy atom. The van der Waals surface area contributed by atoms with Crippen molar-refractivity contribution in [3.05, 3.63) is 36.4 Å². The predicted molar refractivity (Wildman–Crippen MR) is 105 cm³/mol. The van der Waals surface area contributed by atoms with Crippen LogP contribution in [0.25, 0.3) is 11.0 Å². The molecule has 7 nitrogen and oxygen atoms in total. The van der Waals surface area contributed by atoms with E-state index in [1.165, 1.54) is 18.7 Å². The van der Waals surface area contributed by atoms with Gasteiger partial charge in [-0.1, -0.05) is 43.7 Å². The van der Waals surface area contributed by atoms with Crippen LogP contribution in [-0.4, -0.2) is 32.2 Å². The van der Waals surface area contributed by atoms with Gasteiger partial charge < -0.3 is 14.3 Å². The van der Waals surface area contributed by atoms with Gasteiger partial charge in [-0.05, 0) is 18.6 Å². The molecule has 0 aliphatic heterocycles. The van der Waals surface area contributed by atoms with Crippen LogP contribution in [0.3, 0.4) is 0 Å². The van der Waals surface area contributed by atoms with Crippen molar-refractivity contribution in [3.63, 3.8) is 0 Å². The van der Waals surface area contributed by atoms with E-state index in [0.717, 1.165) is 25.8 Å². The van der Waals surface area contributed by atoms with Crippen LogP contribution in [0.15, 0.2) is 40.2 Å². The van der Waals surface area contributed by atoms with E-state index in [1.54, 1.807) is 12.4 Å². The summed E-state index contributed by atoms with van der Waals surface area (Å²) in [6.07, 6.45) is 5.03. The number of para-hydroxylation sites is 1. The third kappa shape index (κ3) is 4.57. The molecule has 1 amide bonds. The molecule has 0 spiro atoms. The van der Waals surface area contributed by atoms with Gasteiger partial charge in [-0.25, -0.2) is 0 Å². The second-order valence-electron chi connectivity index (χ2n) is 6.21. The second kappa shape index (κ2) is 8.85. The summed E-state index contributed by atoms with van der Waals surface area (Å²) in [4.78, 5) is 24.3. The average molecular weight is 386 g/mol. The number of carbonyl (C=O) groups excluding carboxylic acids is 2. The molecule has 0 bridgehead atoms. The number of aryl methyl sites for hydroxylation is 1. The van der Waals surface area contributed by atoms with Crippen LogP contribution in [-0.2, 0) is 11.3 Å². The summed E-state index contributed by atoms with van der Waals surface area (Å²) in [7, 11) is 0. The first-order valence-corrected chi connectivity index (χ1v) is 9.91. The number of hydrogen-bond donors (Lipinski definition) is 1. The standard InChI is InChI=1S/C19H22N4O3S/c1-3-4-7-10-23-12-20-22-19(23)27-11-16(25)21-17-14-8-5-6-9-15(14)26-18(17)13(2)24/h5-6,8-9,12H,3-4,7,10-11H2,1-2H3,(H,21,25). The molecule has 2 aromatic heterocycles. The highest BCUT2D eigenvalue weighted by molar-refractivity contribution is 7.99.